The van der Waals surface area contributed by atoms with Crippen LogP contribution in [0.5, 0.6) is 0 Å². The van der Waals surface area contributed by atoms with Crippen LogP contribution < -0.4 is 0 Å². The number of hydrogen-bond acceptors (Lipinski definition) is 6. The van der Waals surface area contributed by atoms with Gasteiger partial charge in [-0.25, -0.2) is 0 Å². The number of Topliss-reactive ketones (excluding diaryl/α,β-unsaturated/α-hetero) is 1. The third kappa shape index (κ3) is 1.22. The average Bonchev–Trinajstić information content (AvgIpc) is 3.20. The predicted molar refractivity (Wildman–Crippen MR) is 70.4 cm³/mol. The van der Waals surface area contributed by atoms with Crippen molar-refractivity contribution < 1.29 is 29.6 Å². The van der Waals surface area contributed by atoms with E-state index in [1.54, 1.807) is 13.0 Å². The van der Waals surface area contributed by atoms with Crippen molar-refractivity contribution in [1.82, 2.24) is 0 Å². The maximum absolute atomic E-state index is 12.3. The average molecular weight is 296 g/mol. The maximum Gasteiger partial charge on any atom is 0.187 e. The molecule has 3 N–H and O–H groups in total. The lowest BCUT2D eigenvalue weighted by Gasteiger charge is -2.58. The summed E-state index contributed by atoms with van der Waals surface area (Å²) in [6.07, 6.45) is -1.14. The minimum Gasteiger partial charge on any atom is -0.396 e. The Morgan fingerprint density at radius 2 is 2.10 bits per heavy atom. The zero-order valence-electron chi connectivity index (χ0n) is 12.1. The van der Waals surface area contributed by atoms with Gasteiger partial charge in [-0.05, 0) is 25.0 Å². The molecule has 2 aliphatic heterocycles. The van der Waals surface area contributed by atoms with Crippen molar-refractivity contribution in [2.75, 3.05) is 13.2 Å². The van der Waals surface area contributed by atoms with Crippen molar-refractivity contribution in [2.24, 2.45) is 10.8 Å². The van der Waals surface area contributed by atoms with E-state index < -0.39 is 47.5 Å². The number of carbonyl (C=O) groups is 1. The smallest absolute Gasteiger partial charge is 0.187 e. The summed E-state index contributed by atoms with van der Waals surface area (Å²) < 4.78 is 11.6. The lowest BCUT2D eigenvalue weighted by molar-refractivity contribution is -0.244. The normalized spacial score (nSPS) is 58.1. The highest BCUT2D eigenvalue weighted by Crippen LogP contribution is 2.70. The van der Waals surface area contributed by atoms with Crippen LogP contribution in [-0.2, 0) is 14.3 Å². The second-order valence-corrected chi connectivity index (χ2v) is 7.07. The standard InChI is InChI=1S/C15H20O6/c1-7-3-9-14(5-16,11(19)10(7)18)13(2)4-8(17)12(21-9)15(13)6-20-15/h3,8-9,11-12,16-17,19H,4-6H2,1-2H3/t8-,9+,11+,12-,13-,14+,15+/m1/s1. The molecule has 6 nitrogen and oxygen atoms in total. The molecule has 116 valence electrons. The van der Waals surface area contributed by atoms with Gasteiger partial charge in [0.1, 0.15) is 17.8 Å². The van der Waals surface area contributed by atoms with E-state index in [-0.39, 0.29) is 5.78 Å². The number of hydrogen-bond donors (Lipinski definition) is 3. The molecule has 0 radical (unpaired) electrons. The molecule has 2 aliphatic carbocycles. The van der Waals surface area contributed by atoms with Gasteiger partial charge in [0, 0.05) is 5.41 Å². The first-order valence-corrected chi connectivity index (χ1v) is 7.33. The molecule has 7 atom stereocenters. The predicted octanol–water partition coefficient (Wildman–Crippen LogP) is -0.838. The molecule has 4 rings (SSSR count). The molecule has 0 amide bonds. The van der Waals surface area contributed by atoms with Crippen molar-refractivity contribution in [3.63, 3.8) is 0 Å². The number of ketones is 1. The van der Waals surface area contributed by atoms with Crippen LogP contribution in [0, 0.1) is 10.8 Å². The van der Waals surface area contributed by atoms with Crippen LogP contribution in [0.25, 0.3) is 0 Å². The summed E-state index contributed by atoms with van der Waals surface area (Å²) in [5.41, 5.74) is -2.16. The molecule has 3 fully saturated rings. The summed E-state index contributed by atoms with van der Waals surface area (Å²) in [5.74, 6) is -0.388. The van der Waals surface area contributed by atoms with E-state index in [1.807, 2.05) is 6.92 Å². The van der Waals surface area contributed by atoms with Crippen molar-refractivity contribution in [3.05, 3.63) is 11.6 Å². The SMILES string of the molecule is CC1=C[C@@H]2O[C@@H]3[C@H](O)C[C@](C)([C@]2(CO)[C@@H](O)C1=O)[C@]31CO1. The number of fused-ring (bicyclic) bond motifs is 2. The van der Waals surface area contributed by atoms with E-state index in [1.165, 1.54) is 0 Å². The summed E-state index contributed by atoms with van der Waals surface area (Å²) in [5, 5.41) is 31.1. The van der Waals surface area contributed by atoms with Crippen LogP contribution in [-0.4, -0.2) is 64.3 Å². The minimum atomic E-state index is -1.35. The summed E-state index contributed by atoms with van der Waals surface area (Å²) in [4.78, 5) is 12.3. The fourth-order valence-electron chi connectivity index (χ4n) is 5.02. The van der Waals surface area contributed by atoms with Crippen LogP contribution in [0.3, 0.4) is 0 Å². The highest BCUT2D eigenvalue weighted by atomic mass is 16.6. The molecule has 21 heavy (non-hydrogen) atoms. The number of aliphatic hydroxyl groups excluding tert-OH is 3. The topological polar surface area (TPSA) is 99.5 Å². The van der Waals surface area contributed by atoms with Crippen LogP contribution in [0.4, 0.5) is 0 Å². The molecule has 0 aromatic carbocycles. The van der Waals surface area contributed by atoms with E-state index >= 15 is 0 Å². The van der Waals surface area contributed by atoms with Gasteiger partial charge in [0.25, 0.3) is 0 Å². The summed E-state index contributed by atoms with van der Waals surface area (Å²) >= 11 is 0. The van der Waals surface area contributed by atoms with Crippen molar-refractivity contribution in [1.29, 1.82) is 0 Å². The zero-order valence-corrected chi connectivity index (χ0v) is 12.1. The number of aliphatic hydroxyl groups is 3. The van der Waals surface area contributed by atoms with E-state index in [4.69, 9.17) is 9.47 Å². The summed E-state index contributed by atoms with van der Waals surface area (Å²) in [6.45, 7) is 3.55. The third-order valence-corrected chi connectivity index (χ3v) is 6.43. The quantitative estimate of drug-likeness (QED) is 0.546. The van der Waals surface area contributed by atoms with Crippen LogP contribution in [0.15, 0.2) is 11.6 Å². The Kier molecular flexibility index (Phi) is 2.47. The van der Waals surface area contributed by atoms with Gasteiger partial charge in [0.15, 0.2) is 5.78 Å². The lowest BCUT2D eigenvalue weighted by atomic mass is 9.50. The fourth-order valence-corrected chi connectivity index (χ4v) is 5.02. The van der Waals surface area contributed by atoms with E-state index in [9.17, 15) is 20.1 Å². The Balaban J connectivity index is 1.95. The Hall–Kier alpha value is -0.790. The van der Waals surface area contributed by atoms with Gasteiger partial charge in [-0.1, -0.05) is 6.92 Å². The van der Waals surface area contributed by atoms with E-state index in [2.05, 4.69) is 0 Å². The summed E-state index contributed by atoms with van der Waals surface area (Å²) in [7, 11) is 0. The lowest BCUT2D eigenvalue weighted by Crippen LogP contribution is -2.70. The Bertz CT molecular complexity index is 552. The first-order chi connectivity index (χ1) is 9.84. The first kappa shape index (κ1) is 13.8. The largest absolute Gasteiger partial charge is 0.396 e. The molecule has 1 saturated carbocycles. The highest BCUT2D eigenvalue weighted by molar-refractivity contribution is 6.00. The van der Waals surface area contributed by atoms with Crippen LogP contribution in [0.1, 0.15) is 20.3 Å². The second kappa shape index (κ2) is 3.75. The van der Waals surface area contributed by atoms with Gasteiger partial charge >= 0.3 is 0 Å². The Labute approximate surface area is 122 Å². The van der Waals surface area contributed by atoms with E-state index in [0.29, 0.717) is 18.6 Å². The number of rotatable bonds is 1. The third-order valence-electron chi connectivity index (χ3n) is 6.43. The number of carbonyl (C=O) groups excluding carboxylic acids is 1. The van der Waals surface area contributed by atoms with Gasteiger partial charge in [-0.2, -0.15) is 0 Å². The number of ether oxygens (including phenoxy) is 2. The van der Waals surface area contributed by atoms with Crippen LogP contribution in [0.2, 0.25) is 0 Å². The van der Waals surface area contributed by atoms with Gasteiger partial charge < -0.3 is 24.8 Å². The van der Waals surface area contributed by atoms with E-state index in [0.717, 1.165) is 0 Å². The maximum atomic E-state index is 12.3. The Morgan fingerprint density at radius 3 is 2.67 bits per heavy atom. The summed E-state index contributed by atoms with van der Waals surface area (Å²) in [6, 6.07) is 0. The minimum absolute atomic E-state index is 0.339. The second-order valence-electron chi connectivity index (χ2n) is 7.07. The van der Waals surface area contributed by atoms with Crippen LogP contribution >= 0.6 is 0 Å². The molecule has 1 spiro atoms. The molecular weight excluding hydrogens is 276 g/mol. The molecular formula is C15H20O6. The molecule has 0 unspecified atom stereocenters. The van der Waals surface area contributed by atoms with Gasteiger partial charge in [-0.15, -0.1) is 0 Å². The number of epoxide rings is 1. The molecule has 6 heteroatoms. The van der Waals surface area contributed by atoms with Gasteiger partial charge in [0.05, 0.1) is 30.8 Å². The van der Waals surface area contributed by atoms with Crippen molar-refractivity contribution >= 4 is 5.78 Å². The molecule has 2 heterocycles. The molecule has 0 aromatic heterocycles. The van der Waals surface area contributed by atoms with Gasteiger partial charge in [-0.3, -0.25) is 4.79 Å². The molecule has 2 bridgehead atoms. The monoisotopic (exact) mass is 296 g/mol. The molecule has 4 aliphatic rings. The van der Waals surface area contributed by atoms with Crippen molar-refractivity contribution in [3.8, 4) is 0 Å². The Morgan fingerprint density at radius 1 is 1.43 bits per heavy atom. The molecule has 2 saturated heterocycles. The van der Waals surface area contributed by atoms with Gasteiger partial charge in [0.2, 0.25) is 0 Å². The first-order valence-electron chi connectivity index (χ1n) is 7.33. The zero-order chi connectivity index (χ0) is 15.2. The fraction of sp³-hybridized carbons (Fsp3) is 0.800. The molecule has 0 aromatic rings. The highest BCUT2D eigenvalue weighted by Gasteiger charge is 2.83. The van der Waals surface area contributed by atoms with Crippen molar-refractivity contribution in [2.45, 2.75) is 50.3 Å².